The molecule has 0 spiro atoms. The van der Waals surface area contributed by atoms with Crippen LogP contribution in [0.5, 0.6) is 0 Å². The summed E-state index contributed by atoms with van der Waals surface area (Å²) in [7, 11) is 3.35. The molecular weight excluding hydrogens is 336 g/mol. The number of ether oxygens (including phenoxy) is 3. The molecule has 0 unspecified atom stereocenters. The Hall–Kier alpha value is -1.34. The van der Waals surface area contributed by atoms with Crippen molar-refractivity contribution < 1.29 is 23.8 Å². The molecule has 0 aromatic carbocycles. The van der Waals surface area contributed by atoms with Crippen LogP contribution in [0.1, 0.15) is 66.2 Å². The van der Waals surface area contributed by atoms with E-state index in [1.165, 1.54) is 6.92 Å². The van der Waals surface area contributed by atoms with Gasteiger partial charge < -0.3 is 24.8 Å². The standard InChI is InChI=1S/C13H26N2O3.C6H14O2/c1-3-4-11-18-13(17)15-10-8-6-5-7-9-14-12(2)16;1-6(2,8-4)5-7-3/h3-11H2,1-2H3,(H,14,16)(H,15,17);5H2,1-4H3. The van der Waals surface area contributed by atoms with Gasteiger partial charge in [-0.15, -0.1) is 0 Å². The Morgan fingerprint density at radius 1 is 0.923 bits per heavy atom. The number of carbonyl (C=O) groups excluding carboxylic acids is 2. The van der Waals surface area contributed by atoms with Crippen LogP contribution in [0.15, 0.2) is 0 Å². The van der Waals surface area contributed by atoms with E-state index in [4.69, 9.17) is 14.2 Å². The lowest BCUT2D eigenvalue weighted by atomic mass is 10.2. The third-order valence-corrected chi connectivity index (χ3v) is 3.52. The molecule has 0 aliphatic rings. The number of unbranched alkanes of at least 4 members (excludes halogenated alkanes) is 4. The Labute approximate surface area is 159 Å². The topological polar surface area (TPSA) is 85.9 Å². The van der Waals surface area contributed by atoms with Crippen LogP contribution in [0.3, 0.4) is 0 Å². The van der Waals surface area contributed by atoms with Crippen LogP contribution >= 0.6 is 0 Å². The fourth-order valence-corrected chi connectivity index (χ4v) is 1.83. The predicted octanol–water partition coefficient (Wildman–Crippen LogP) is 3.27. The Bertz CT molecular complexity index is 349. The summed E-state index contributed by atoms with van der Waals surface area (Å²) in [4.78, 5) is 21.7. The summed E-state index contributed by atoms with van der Waals surface area (Å²) in [5, 5.41) is 5.47. The van der Waals surface area contributed by atoms with Gasteiger partial charge in [-0.3, -0.25) is 4.79 Å². The van der Waals surface area contributed by atoms with Gasteiger partial charge in [0.1, 0.15) is 0 Å². The lowest BCUT2D eigenvalue weighted by Gasteiger charge is -2.20. The SMILES string of the molecule is CCCCOC(=O)NCCCCCCNC(C)=O.COCC(C)(C)OC. The fraction of sp³-hybridized carbons (Fsp3) is 0.895. The van der Waals surface area contributed by atoms with E-state index < -0.39 is 0 Å². The highest BCUT2D eigenvalue weighted by Gasteiger charge is 2.14. The maximum Gasteiger partial charge on any atom is 0.407 e. The Balaban J connectivity index is 0. The van der Waals surface area contributed by atoms with Crippen molar-refractivity contribution in [1.82, 2.24) is 10.6 Å². The van der Waals surface area contributed by atoms with Gasteiger partial charge in [0.25, 0.3) is 0 Å². The first-order valence-corrected chi connectivity index (χ1v) is 9.48. The van der Waals surface area contributed by atoms with Gasteiger partial charge in [0, 0.05) is 34.2 Å². The summed E-state index contributed by atoms with van der Waals surface area (Å²) < 4.78 is 14.9. The molecule has 7 heteroatoms. The number of hydrogen-bond acceptors (Lipinski definition) is 5. The van der Waals surface area contributed by atoms with E-state index in [9.17, 15) is 9.59 Å². The van der Waals surface area contributed by atoms with E-state index >= 15 is 0 Å². The van der Waals surface area contributed by atoms with Crippen LogP contribution < -0.4 is 10.6 Å². The van der Waals surface area contributed by atoms with Crippen molar-refractivity contribution in [1.29, 1.82) is 0 Å². The van der Waals surface area contributed by atoms with Crippen LogP contribution in [0.25, 0.3) is 0 Å². The Kier molecular flexibility index (Phi) is 19.1. The minimum atomic E-state index is -0.318. The molecule has 156 valence electrons. The molecule has 26 heavy (non-hydrogen) atoms. The molecule has 0 rings (SSSR count). The van der Waals surface area contributed by atoms with Gasteiger partial charge in [-0.1, -0.05) is 26.2 Å². The van der Waals surface area contributed by atoms with Gasteiger partial charge in [-0.25, -0.2) is 4.79 Å². The zero-order chi connectivity index (χ0) is 20.3. The molecule has 0 atom stereocenters. The first-order valence-electron chi connectivity index (χ1n) is 9.48. The van der Waals surface area contributed by atoms with Crippen molar-refractivity contribution in [3.8, 4) is 0 Å². The van der Waals surface area contributed by atoms with Crippen LogP contribution in [0.4, 0.5) is 4.79 Å². The summed E-state index contributed by atoms with van der Waals surface area (Å²) >= 11 is 0. The van der Waals surface area contributed by atoms with Crippen LogP contribution in [-0.4, -0.2) is 58.1 Å². The Morgan fingerprint density at radius 2 is 1.50 bits per heavy atom. The number of carbonyl (C=O) groups is 2. The molecule has 0 saturated carbocycles. The monoisotopic (exact) mass is 376 g/mol. The minimum absolute atomic E-state index is 0.0199. The second-order valence-corrected chi connectivity index (χ2v) is 6.71. The normalized spacial score (nSPS) is 10.5. The smallest absolute Gasteiger partial charge is 0.407 e. The first kappa shape index (κ1) is 26.9. The summed E-state index contributed by atoms with van der Waals surface area (Å²) in [6, 6.07) is 0. The minimum Gasteiger partial charge on any atom is -0.450 e. The lowest BCUT2D eigenvalue weighted by molar-refractivity contribution is -0.118. The number of hydrogen-bond donors (Lipinski definition) is 2. The van der Waals surface area contributed by atoms with Gasteiger partial charge >= 0.3 is 6.09 Å². The number of methoxy groups -OCH3 is 2. The molecular formula is C19H40N2O5. The van der Waals surface area contributed by atoms with E-state index in [1.807, 2.05) is 13.8 Å². The van der Waals surface area contributed by atoms with Gasteiger partial charge in [-0.05, 0) is 33.1 Å². The van der Waals surface area contributed by atoms with Gasteiger partial charge in [0.15, 0.2) is 0 Å². The number of amides is 2. The zero-order valence-corrected chi connectivity index (χ0v) is 17.6. The van der Waals surface area contributed by atoms with E-state index in [1.54, 1.807) is 14.2 Å². The second kappa shape index (κ2) is 18.5. The van der Waals surface area contributed by atoms with Crippen molar-refractivity contribution in [2.75, 3.05) is 40.5 Å². The third-order valence-electron chi connectivity index (χ3n) is 3.52. The molecule has 0 fully saturated rings. The van der Waals surface area contributed by atoms with Crippen LogP contribution in [0, 0.1) is 0 Å². The summed E-state index contributed by atoms with van der Waals surface area (Å²) in [6.07, 6.45) is 5.67. The van der Waals surface area contributed by atoms with Crippen LogP contribution in [-0.2, 0) is 19.0 Å². The average molecular weight is 377 g/mol. The van der Waals surface area contributed by atoms with Crippen LogP contribution in [0.2, 0.25) is 0 Å². The molecule has 2 amide bonds. The van der Waals surface area contributed by atoms with Crippen molar-refractivity contribution in [2.45, 2.75) is 71.8 Å². The number of rotatable bonds is 13. The molecule has 0 saturated heterocycles. The molecule has 0 aromatic heterocycles. The average Bonchev–Trinajstić information content (AvgIpc) is 2.58. The van der Waals surface area contributed by atoms with E-state index in [0.717, 1.165) is 45.1 Å². The molecule has 2 N–H and O–H groups in total. The molecule has 0 radical (unpaired) electrons. The van der Waals surface area contributed by atoms with E-state index in [0.29, 0.717) is 19.8 Å². The quantitative estimate of drug-likeness (QED) is 0.482. The van der Waals surface area contributed by atoms with Crippen molar-refractivity contribution in [3.63, 3.8) is 0 Å². The highest BCUT2D eigenvalue weighted by Crippen LogP contribution is 2.05. The Morgan fingerprint density at radius 3 is 1.92 bits per heavy atom. The molecule has 7 nitrogen and oxygen atoms in total. The van der Waals surface area contributed by atoms with Gasteiger partial charge in [0.2, 0.25) is 5.91 Å². The van der Waals surface area contributed by atoms with Crippen molar-refractivity contribution >= 4 is 12.0 Å². The third kappa shape index (κ3) is 22.7. The molecule has 0 aromatic rings. The maximum absolute atomic E-state index is 11.1. The second-order valence-electron chi connectivity index (χ2n) is 6.71. The highest BCUT2D eigenvalue weighted by molar-refractivity contribution is 5.72. The summed E-state index contributed by atoms with van der Waals surface area (Å²) in [6.45, 7) is 10.1. The molecule has 0 aliphatic heterocycles. The predicted molar refractivity (Wildman–Crippen MR) is 104 cm³/mol. The van der Waals surface area contributed by atoms with E-state index in [-0.39, 0.29) is 17.6 Å². The van der Waals surface area contributed by atoms with Gasteiger partial charge in [-0.2, -0.15) is 0 Å². The van der Waals surface area contributed by atoms with Gasteiger partial charge in [0.05, 0.1) is 18.8 Å². The molecule has 0 aliphatic carbocycles. The molecule has 0 heterocycles. The summed E-state index contributed by atoms with van der Waals surface area (Å²) in [5.74, 6) is 0.0199. The zero-order valence-electron chi connectivity index (χ0n) is 17.6. The first-order chi connectivity index (χ1) is 12.3. The largest absolute Gasteiger partial charge is 0.450 e. The van der Waals surface area contributed by atoms with Crippen molar-refractivity contribution in [3.05, 3.63) is 0 Å². The number of alkyl carbamates (subject to hydrolysis) is 1. The lowest BCUT2D eigenvalue weighted by Crippen LogP contribution is -2.28. The summed E-state index contributed by atoms with van der Waals surface area (Å²) in [5.41, 5.74) is -0.130. The van der Waals surface area contributed by atoms with Crippen molar-refractivity contribution in [2.24, 2.45) is 0 Å². The fourth-order valence-electron chi connectivity index (χ4n) is 1.83. The number of nitrogens with one attached hydrogen (secondary N) is 2. The maximum atomic E-state index is 11.1. The highest BCUT2D eigenvalue weighted by atomic mass is 16.5. The van der Waals surface area contributed by atoms with E-state index in [2.05, 4.69) is 17.6 Å². The molecule has 0 bridgehead atoms.